The summed E-state index contributed by atoms with van der Waals surface area (Å²) in [7, 11) is 0. The van der Waals surface area contributed by atoms with Gasteiger partial charge in [0.1, 0.15) is 0 Å². The highest BCUT2D eigenvalue weighted by atomic mass is 15.2. The highest BCUT2D eigenvalue weighted by Crippen LogP contribution is 2.55. The molecular formula is C33H22N2. The molecule has 0 amide bonds. The first-order valence-electron chi connectivity index (χ1n) is 12.6. The molecule has 0 unspecified atom stereocenters. The number of rotatable bonds is 0. The Kier molecular flexibility index (Phi) is 3.27. The van der Waals surface area contributed by atoms with Crippen LogP contribution in [-0.4, -0.2) is 4.98 Å². The Morgan fingerprint density at radius 2 is 1.29 bits per heavy atom. The van der Waals surface area contributed by atoms with Gasteiger partial charge >= 0.3 is 0 Å². The Labute approximate surface area is 204 Å². The van der Waals surface area contributed by atoms with Gasteiger partial charge in [-0.1, -0.05) is 48.5 Å². The third-order valence-electron chi connectivity index (χ3n) is 8.56. The zero-order valence-electron chi connectivity index (χ0n) is 19.3. The lowest BCUT2D eigenvalue weighted by molar-refractivity contribution is 0.956. The summed E-state index contributed by atoms with van der Waals surface area (Å²) >= 11 is 0. The maximum absolute atomic E-state index is 4.85. The maximum atomic E-state index is 4.85. The average molecular weight is 447 g/mol. The second kappa shape index (κ2) is 6.28. The molecule has 2 aliphatic carbocycles. The first kappa shape index (κ1) is 18.2. The SMILES string of the molecule is c1ccc2c(c1)Cc1cc3c(cc1-2)-c1cc2c4c(c1C3)Cc1ncccc1N4c1ccccc1C2. The van der Waals surface area contributed by atoms with Gasteiger partial charge in [0.05, 0.1) is 17.1 Å². The molecule has 0 radical (unpaired) electrons. The molecule has 2 heteroatoms. The Bertz CT molecular complexity index is 1750. The van der Waals surface area contributed by atoms with E-state index in [2.05, 4.69) is 83.8 Å². The quantitative estimate of drug-likeness (QED) is 0.240. The number of aromatic nitrogens is 1. The summed E-state index contributed by atoms with van der Waals surface area (Å²) in [5.41, 5.74) is 21.1. The zero-order valence-corrected chi connectivity index (χ0v) is 19.3. The Morgan fingerprint density at radius 1 is 0.514 bits per heavy atom. The van der Waals surface area contributed by atoms with Crippen molar-refractivity contribution in [2.24, 2.45) is 0 Å². The van der Waals surface area contributed by atoms with E-state index in [9.17, 15) is 0 Å². The van der Waals surface area contributed by atoms with Gasteiger partial charge in [0.2, 0.25) is 0 Å². The van der Waals surface area contributed by atoms with Crippen molar-refractivity contribution in [1.29, 1.82) is 0 Å². The highest BCUT2D eigenvalue weighted by molar-refractivity contribution is 5.94. The second-order valence-electron chi connectivity index (χ2n) is 10.4. The van der Waals surface area contributed by atoms with Gasteiger partial charge in [-0.05, 0) is 104 Å². The van der Waals surface area contributed by atoms with E-state index in [1.807, 2.05) is 6.20 Å². The predicted molar refractivity (Wildman–Crippen MR) is 141 cm³/mol. The number of benzene rings is 4. The minimum atomic E-state index is 0.914. The van der Waals surface area contributed by atoms with E-state index < -0.39 is 0 Å². The third kappa shape index (κ3) is 2.27. The smallest absolute Gasteiger partial charge is 0.0688 e. The maximum Gasteiger partial charge on any atom is 0.0688 e. The van der Waals surface area contributed by atoms with Crippen LogP contribution >= 0.6 is 0 Å². The van der Waals surface area contributed by atoms with Crippen molar-refractivity contribution in [1.82, 2.24) is 4.98 Å². The average Bonchev–Trinajstić information content (AvgIpc) is 3.44. The van der Waals surface area contributed by atoms with Crippen molar-refractivity contribution in [2.45, 2.75) is 25.7 Å². The fourth-order valence-corrected chi connectivity index (χ4v) is 7.09. The van der Waals surface area contributed by atoms with Crippen LogP contribution in [0.4, 0.5) is 17.1 Å². The van der Waals surface area contributed by atoms with Gasteiger partial charge in [-0.15, -0.1) is 0 Å². The van der Waals surface area contributed by atoms with E-state index in [-0.39, 0.29) is 0 Å². The summed E-state index contributed by atoms with van der Waals surface area (Å²) in [6.45, 7) is 0. The molecule has 2 aliphatic heterocycles. The van der Waals surface area contributed by atoms with Gasteiger partial charge in [-0.2, -0.15) is 0 Å². The van der Waals surface area contributed by atoms with Crippen LogP contribution in [0.5, 0.6) is 0 Å². The van der Waals surface area contributed by atoms with Gasteiger partial charge < -0.3 is 4.90 Å². The third-order valence-corrected chi connectivity index (χ3v) is 8.56. The fourth-order valence-electron chi connectivity index (χ4n) is 7.09. The molecule has 0 spiro atoms. The highest BCUT2D eigenvalue weighted by Gasteiger charge is 2.36. The van der Waals surface area contributed by atoms with Crippen molar-refractivity contribution in [3.05, 3.63) is 130 Å². The van der Waals surface area contributed by atoms with E-state index in [1.165, 1.54) is 84.0 Å². The lowest BCUT2D eigenvalue weighted by Crippen LogP contribution is -2.26. The van der Waals surface area contributed by atoms with Crippen LogP contribution in [0, 0.1) is 0 Å². The zero-order chi connectivity index (χ0) is 22.7. The molecule has 2 nitrogen and oxygen atoms in total. The molecule has 35 heavy (non-hydrogen) atoms. The summed E-state index contributed by atoms with van der Waals surface area (Å²) in [5, 5.41) is 0. The lowest BCUT2D eigenvalue weighted by atomic mass is 9.83. The van der Waals surface area contributed by atoms with E-state index >= 15 is 0 Å². The van der Waals surface area contributed by atoms with Crippen LogP contribution in [0.3, 0.4) is 0 Å². The Morgan fingerprint density at radius 3 is 2.26 bits per heavy atom. The van der Waals surface area contributed by atoms with Gasteiger partial charge in [-0.3, -0.25) is 4.98 Å². The lowest BCUT2D eigenvalue weighted by Gasteiger charge is -2.39. The summed E-state index contributed by atoms with van der Waals surface area (Å²) in [4.78, 5) is 7.35. The van der Waals surface area contributed by atoms with Crippen LogP contribution in [0.2, 0.25) is 0 Å². The van der Waals surface area contributed by atoms with E-state index in [0.717, 1.165) is 25.7 Å². The monoisotopic (exact) mass is 446 g/mol. The Hall–Kier alpha value is -4.17. The van der Waals surface area contributed by atoms with Crippen molar-refractivity contribution < 1.29 is 0 Å². The second-order valence-corrected chi connectivity index (χ2v) is 10.4. The van der Waals surface area contributed by atoms with Crippen molar-refractivity contribution in [2.75, 3.05) is 4.90 Å². The van der Waals surface area contributed by atoms with Crippen LogP contribution in [0.25, 0.3) is 22.3 Å². The molecule has 3 heterocycles. The molecule has 1 aromatic heterocycles. The molecule has 0 atom stereocenters. The molecule has 4 aliphatic rings. The summed E-state index contributed by atoms with van der Waals surface area (Å²) in [5.74, 6) is 0. The number of para-hydroxylation sites is 1. The molecule has 9 rings (SSSR count). The predicted octanol–water partition coefficient (Wildman–Crippen LogP) is 7.50. The van der Waals surface area contributed by atoms with E-state index in [1.54, 1.807) is 0 Å². The number of fused-ring (bicyclic) bond motifs is 11. The van der Waals surface area contributed by atoms with Gasteiger partial charge in [0.15, 0.2) is 0 Å². The molecule has 164 valence electrons. The molecular weight excluding hydrogens is 424 g/mol. The molecule has 4 aromatic carbocycles. The van der Waals surface area contributed by atoms with Crippen LogP contribution in [0.1, 0.15) is 44.6 Å². The van der Waals surface area contributed by atoms with Gasteiger partial charge in [-0.25, -0.2) is 0 Å². The first-order valence-corrected chi connectivity index (χ1v) is 12.6. The van der Waals surface area contributed by atoms with Crippen molar-refractivity contribution in [3.8, 4) is 22.3 Å². The molecule has 0 saturated carbocycles. The number of hydrogen-bond donors (Lipinski definition) is 0. The number of anilines is 3. The first-order chi connectivity index (χ1) is 17.3. The molecule has 5 aromatic rings. The summed E-state index contributed by atoms with van der Waals surface area (Å²) in [6.07, 6.45) is 5.92. The number of pyridine rings is 1. The molecule has 0 saturated heterocycles. The standard InChI is InChI=1S/C33H22N2/c1-3-8-24-19(6-1)12-21-14-22-15-28-27(26(22)17-25(21)24)16-23-13-20-7-2-4-9-31(20)35-32-10-5-11-34-30(32)18-29(28)33(23)35/h1-11,14,16-17H,12-13,15,18H2. The minimum absolute atomic E-state index is 0.914. The number of hydrogen-bond acceptors (Lipinski definition) is 2. The summed E-state index contributed by atoms with van der Waals surface area (Å²) in [6, 6.07) is 29.6. The normalized spacial score (nSPS) is 14.9. The van der Waals surface area contributed by atoms with Crippen molar-refractivity contribution >= 4 is 17.1 Å². The largest absolute Gasteiger partial charge is 0.308 e. The van der Waals surface area contributed by atoms with Gasteiger partial charge in [0, 0.05) is 24.7 Å². The van der Waals surface area contributed by atoms with Crippen LogP contribution in [-0.2, 0) is 25.7 Å². The van der Waals surface area contributed by atoms with Gasteiger partial charge in [0.25, 0.3) is 0 Å². The van der Waals surface area contributed by atoms with E-state index in [4.69, 9.17) is 4.98 Å². The van der Waals surface area contributed by atoms with Crippen LogP contribution in [0.15, 0.2) is 85.1 Å². The van der Waals surface area contributed by atoms with Crippen molar-refractivity contribution in [3.63, 3.8) is 0 Å². The Balaban J connectivity index is 1.30. The van der Waals surface area contributed by atoms with Crippen LogP contribution < -0.4 is 4.90 Å². The number of nitrogens with zero attached hydrogens (tertiary/aromatic N) is 2. The topological polar surface area (TPSA) is 16.1 Å². The molecule has 0 N–H and O–H groups in total. The fraction of sp³-hybridized carbons (Fsp3) is 0.121. The molecule has 0 bridgehead atoms. The molecule has 0 fully saturated rings. The summed E-state index contributed by atoms with van der Waals surface area (Å²) < 4.78 is 0. The minimum Gasteiger partial charge on any atom is -0.308 e. The van der Waals surface area contributed by atoms with E-state index in [0.29, 0.717) is 0 Å².